The van der Waals surface area contributed by atoms with E-state index < -0.39 is 0 Å². The molecule has 6 nitrogen and oxygen atoms in total. The molecule has 0 saturated carbocycles. The van der Waals surface area contributed by atoms with E-state index in [2.05, 4.69) is 30.3 Å². The van der Waals surface area contributed by atoms with E-state index in [-0.39, 0.29) is 5.82 Å². The van der Waals surface area contributed by atoms with Gasteiger partial charge in [0.1, 0.15) is 5.82 Å². The average molecular weight is 350 g/mol. The van der Waals surface area contributed by atoms with Gasteiger partial charge in [-0.1, -0.05) is 30.3 Å². The van der Waals surface area contributed by atoms with Crippen molar-refractivity contribution in [3.63, 3.8) is 0 Å². The quantitative estimate of drug-likeness (QED) is 0.780. The van der Waals surface area contributed by atoms with Crippen LogP contribution in [0.3, 0.4) is 0 Å². The number of para-hydroxylation sites is 2. The molecule has 1 aromatic heterocycles. The predicted octanol–water partition coefficient (Wildman–Crippen LogP) is 3.08. The van der Waals surface area contributed by atoms with Crippen molar-refractivity contribution in [2.75, 3.05) is 41.3 Å². The molecule has 0 unspecified atom stereocenters. The summed E-state index contributed by atoms with van der Waals surface area (Å²) in [6.07, 6.45) is 1.66. The number of piperazine rings is 1. The Labute approximate surface area is 151 Å². The number of benzene rings is 2. The summed E-state index contributed by atoms with van der Waals surface area (Å²) in [5, 5.41) is 11.3. The molecule has 26 heavy (non-hydrogen) atoms. The highest BCUT2D eigenvalue weighted by atomic mass is 19.1. The number of halogens is 1. The fourth-order valence-electron chi connectivity index (χ4n) is 3.04. The number of nitrogens with zero attached hydrogens (tertiary/aromatic N) is 5. The summed E-state index contributed by atoms with van der Waals surface area (Å²) in [5.74, 6) is 1.05. The topological polar surface area (TPSA) is 57.2 Å². The molecule has 4 rings (SSSR count). The van der Waals surface area contributed by atoms with Gasteiger partial charge in [-0.15, -0.1) is 5.10 Å². The molecule has 0 radical (unpaired) electrons. The number of nitrogens with one attached hydrogen (secondary N) is 1. The van der Waals surface area contributed by atoms with Crippen LogP contribution in [0.4, 0.5) is 27.5 Å². The zero-order valence-electron chi connectivity index (χ0n) is 14.2. The highest BCUT2D eigenvalue weighted by molar-refractivity contribution is 5.55. The molecular formula is C19H19FN6. The lowest BCUT2D eigenvalue weighted by atomic mass is 10.2. The van der Waals surface area contributed by atoms with Crippen molar-refractivity contribution in [1.82, 2.24) is 15.2 Å². The Hall–Kier alpha value is -3.22. The van der Waals surface area contributed by atoms with Crippen molar-refractivity contribution in [1.29, 1.82) is 0 Å². The van der Waals surface area contributed by atoms with Gasteiger partial charge in [-0.3, -0.25) is 0 Å². The molecule has 0 amide bonds. The first-order valence-electron chi connectivity index (χ1n) is 8.56. The minimum atomic E-state index is -0.181. The summed E-state index contributed by atoms with van der Waals surface area (Å²) >= 11 is 0. The van der Waals surface area contributed by atoms with E-state index in [1.165, 1.54) is 6.07 Å². The maximum Gasteiger partial charge on any atom is 0.249 e. The Balaban J connectivity index is 1.43. The van der Waals surface area contributed by atoms with Gasteiger partial charge in [-0.05, 0) is 24.3 Å². The number of rotatable bonds is 4. The monoisotopic (exact) mass is 350 g/mol. The van der Waals surface area contributed by atoms with E-state index >= 15 is 0 Å². The Kier molecular flexibility index (Phi) is 4.59. The second kappa shape index (κ2) is 7.35. The minimum absolute atomic E-state index is 0.181. The highest BCUT2D eigenvalue weighted by Gasteiger charge is 2.20. The first kappa shape index (κ1) is 16.3. The summed E-state index contributed by atoms with van der Waals surface area (Å²) in [6, 6.07) is 16.6. The Morgan fingerprint density at radius 2 is 1.54 bits per heavy atom. The van der Waals surface area contributed by atoms with Gasteiger partial charge in [0, 0.05) is 31.9 Å². The predicted molar refractivity (Wildman–Crippen MR) is 100 cm³/mol. The van der Waals surface area contributed by atoms with Crippen LogP contribution in [-0.2, 0) is 0 Å². The van der Waals surface area contributed by atoms with Gasteiger partial charge in [0.05, 0.1) is 11.9 Å². The molecule has 132 valence electrons. The van der Waals surface area contributed by atoms with Gasteiger partial charge in [-0.25, -0.2) is 4.39 Å². The normalized spacial score (nSPS) is 14.3. The van der Waals surface area contributed by atoms with Crippen LogP contribution >= 0.6 is 0 Å². The average Bonchev–Trinajstić information content (AvgIpc) is 2.70. The van der Waals surface area contributed by atoms with Gasteiger partial charge in [-0.2, -0.15) is 10.1 Å². The van der Waals surface area contributed by atoms with Gasteiger partial charge < -0.3 is 15.1 Å². The van der Waals surface area contributed by atoms with Gasteiger partial charge in [0.15, 0.2) is 5.82 Å². The number of hydrogen-bond acceptors (Lipinski definition) is 6. The van der Waals surface area contributed by atoms with Crippen LogP contribution in [0.25, 0.3) is 0 Å². The third kappa shape index (κ3) is 3.56. The van der Waals surface area contributed by atoms with E-state index in [1.54, 1.807) is 12.3 Å². The molecule has 3 aromatic rings. The first-order chi connectivity index (χ1) is 12.8. The third-order valence-corrected chi connectivity index (χ3v) is 4.37. The van der Waals surface area contributed by atoms with Crippen molar-refractivity contribution >= 4 is 23.1 Å². The van der Waals surface area contributed by atoms with E-state index in [9.17, 15) is 4.39 Å². The van der Waals surface area contributed by atoms with Crippen molar-refractivity contribution in [2.24, 2.45) is 0 Å². The largest absolute Gasteiger partial charge is 0.366 e. The molecule has 1 aliphatic heterocycles. The zero-order chi connectivity index (χ0) is 17.8. The van der Waals surface area contributed by atoms with Crippen LogP contribution in [0.1, 0.15) is 0 Å². The van der Waals surface area contributed by atoms with Crippen LogP contribution < -0.4 is 15.1 Å². The molecule has 0 spiro atoms. The van der Waals surface area contributed by atoms with Crippen LogP contribution in [0, 0.1) is 5.82 Å². The number of anilines is 4. The van der Waals surface area contributed by atoms with E-state index in [0.717, 1.165) is 37.7 Å². The van der Waals surface area contributed by atoms with Crippen molar-refractivity contribution < 1.29 is 4.39 Å². The Morgan fingerprint density at radius 3 is 2.31 bits per heavy atom. The lowest BCUT2D eigenvalue weighted by molar-refractivity contribution is 0.595. The maximum atomic E-state index is 14.0. The van der Waals surface area contributed by atoms with Gasteiger partial charge in [0.25, 0.3) is 0 Å². The van der Waals surface area contributed by atoms with Crippen LogP contribution in [0.5, 0.6) is 0 Å². The molecule has 0 atom stereocenters. The SMILES string of the molecule is Fc1ccccc1N1CCN(c2cnnc(Nc3ccccc3)n2)CC1. The molecule has 0 bridgehead atoms. The zero-order valence-corrected chi connectivity index (χ0v) is 14.2. The third-order valence-electron chi connectivity index (χ3n) is 4.37. The minimum Gasteiger partial charge on any atom is -0.366 e. The standard InChI is InChI=1S/C19H19FN6/c20-16-8-4-5-9-17(16)25-10-12-26(13-11-25)18-14-21-24-19(23-18)22-15-6-2-1-3-7-15/h1-9,14H,10-13H2,(H,22,23,24). The van der Waals surface area contributed by atoms with E-state index in [4.69, 9.17) is 0 Å². The Bertz CT molecular complexity index is 865. The Morgan fingerprint density at radius 1 is 0.846 bits per heavy atom. The van der Waals surface area contributed by atoms with E-state index in [1.807, 2.05) is 42.5 Å². The number of aromatic nitrogens is 3. The first-order valence-corrected chi connectivity index (χ1v) is 8.56. The molecule has 2 aromatic carbocycles. The smallest absolute Gasteiger partial charge is 0.249 e. The second-order valence-corrected chi connectivity index (χ2v) is 6.05. The fourth-order valence-corrected chi connectivity index (χ4v) is 3.04. The summed E-state index contributed by atoms with van der Waals surface area (Å²) in [5.41, 5.74) is 1.57. The van der Waals surface area contributed by atoms with Crippen LogP contribution in [0.2, 0.25) is 0 Å². The van der Waals surface area contributed by atoms with Crippen LogP contribution in [-0.4, -0.2) is 41.4 Å². The second-order valence-electron chi connectivity index (χ2n) is 6.05. The molecule has 2 heterocycles. The molecule has 1 N–H and O–H groups in total. The summed E-state index contributed by atoms with van der Waals surface area (Å²) in [7, 11) is 0. The lowest BCUT2D eigenvalue weighted by Gasteiger charge is -2.36. The van der Waals surface area contributed by atoms with Gasteiger partial charge in [0.2, 0.25) is 5.95 Å². The maximum absolute atomic E-state index is 14.0. The molecule has 0 aliphatic carbocycles. The fraction of sp³-hybridized carbons (Fsp3) is 0.211. The van der Waals surface area contributed by atoms with Crippen molar-refractivity contribution in [2.45, 2.75) is 0 Å². The van der Waals surface area contributed by atoms with E-state index in [0.29, 0.717) is 11.6 Å². The van der Waals surface area contributed by atoms with Crippen molar-refractivity contribution in [3.05, 3.63) is 66.6 Å². The van der Waals surface area contributed by atoms with Crippen molar-refractivity contribution in [3.8, 4) is 0 Å². The summed E-state index contributed by atoms with van der Waals surface area (Å²) in [6.45, 7) is 2.95. The molecular weight excluding hydrogens is 331 g/mol. The molecule has 1 saturated heterocycles. The van der Waals surface area contributed by atoms with Gasteiger partial charge >= 0.3 is 0 Å². The number of hydrogen-bond donors (Lipinski definition) is 1. The van der Waals surface area contributed by atoms with Crippen LogP contribution in [0.15, 0.2) is 60.8 Å². The molecule has 1 fully saturated rings. The highest BCUT2D eigenvalue weighted by Crippen LogP contribution is 2.22. The molecule has 1 aliphatic rings. The summed E-state index contributed by atoms with van der Waals surface area (Å²) < 4.78 is 14.0. The lowest BCUT2D eigenvalue weighted by Crippen LogP contribution is -2.47. The summed E-state index contributed by atoms with van der Waals surface area (Å²) in [4.78, 5) is 8.76. The molecule has 7 heteroatoms.